The van der Waals surface area contributed by atoms with Crippen LogP contribution in [0.5, 0.6) is 0 Å². The molecule has 8 heteroatoms. The van der Waals surface area contributed by atoms with Crippen molar-refractivity contribution in [3.8, 4) is 11.1 Å². The van der Waals surface area contributed by atoms with Gasteiger partial charge in [-0.3, -0.25) is 29.7 Å². The number of nitrogens with zero attached hydrogens (tertiary/aromatic N) is 5. The van der Waals surface area contributed by atoms with Crippen LogP contribution in [-0.2, 0) is 13.1 Å². The highest BCUT2D eigenvalue weighted by atomic mass is 16.1. The number of nitrogens with one attached hydrogen (secondary N) is 2. The number of anilines is 1. The number of aromatic amines is 1. The second-order valence-corrected chi connectivity index (χ2v) is 10.6. The van der Waals surface area contributed by atoms with E-state index in [9.17, 15) is 4.79 Å². The van der Waals surface area contributed by atoms with Crippen LogP contribution < -0.4 is 5.32 Å². The molecule has 2 fully saturated rings. The number of H-pyrrole nitrogens is 1. The fourth-order valence-electron chi connectivity index (χ4n) is 5.68. The third-order valence-electron chi connectivity index (χ3n) is 7.67. The minimum Gasteiger partial charge on any atom is -0.319 e. The summed E-state index contributed by atoms with van der Waals surface area (Å²) in [7, 11) is 0. The molecule has 2 aliphatic heterocycles. The Morgan fingerprint density at radius 3 is 2.16 bits per heavy atom. The molecule has 0 saturated carbocycles. The average molecular weight is 510 g/mol. The van der Waals surface area contributed by atoms with Gasteiger partial charge < -0.3 is 5.32 Å². The van der Waals surface area contributed by atoms with Gasteiger partial charge >= 0.3 is 0 Å². The number of pyridine rings is 2. The van der Waals surface area contributed by atoms with E-state index >= 15 is 0 Å². The number of rotatable bonds is 7. The Balaban J connectivity index is 1.19. The van der Waals surface area contributed by atoms with Crippen molar-refractivity contribution in [1.82, 2.24) is 30.0 Å². The third-order valence-corrected chi connectivity index (χ3v) is 7.67. The molecule has 3 aromatic heterocycles. The number of fused-ring (bicyclic) bond motifs is 1. The lowest BCUT2D eigenvalue weighted by molar-refractivity contribution is 0.102. The monoisotopic (exact) mass is 509 g/mol. The Morgan fingerprint density at radius 2 is 1.42 bits per heavy atom. The minimum atomic E-state index is -0.247. The molecule has 8 nitrogen and oxygen atoms in total. The van der Waals surface area contributed by atoms with E-state index in [2.05, 4.69) is 47.4 Å². The fraction of sp³-hybridized carbons (Fsp3) is 0.400. The van der Waals surface area contributed by atoms with E-state index in [1.807, 2.05) is 36.8 Å². The van der Waals surface area contributed by atoms with Crippen LogP contribution in [0.15, 0.2) is 55.1 Å². The Hall–Kier alpha value is -3.62. The normalized spacial score (nSPS) is 17.1. The third kappa shape index (κ3) is 5.76. The summed E-state index contributed by atoms with van der Waals surface area (Å²) in [5, 5.41) is 11.2. The Labute approximate surface area is 223 Å². The van der Waals surface area contributed by atoms with Gasteiger partial charge in [-0.1, -0.05) is 18.9 Å². The van der Waals surface area contributed by atoms with Crippen molar-refractivity contribution in [2.24, 2.45) is 0 Å². The standard InChI is InChI=1S/C30H35N7O/c38-30(33-26-14-23(17-32-19-26)21-36-9-3-1-2-4-10-36)29-27-15-24(7-8-28(27)34-35-29)25-13-22(16-31-18-25)20-37-11-5-6-12-37/h7-8,13-19H,1-6,9-12,20-21H2,(H,33,38)(H,34,35). The largest absolute Gasteiger partial charge is 0.319 e. The zero-order valence-electron chi connectivity index (χ0n) is 21.8. The number of aromatic nitrogens is 4. The number of carbonyl (C=O) groups is 1. The van der Waals surface area contributed by atoms with Crippen LogP contribution in [-0.4, -0.2) is 62.1 Å². The van der Waals surface area contributed by atoms with Crippen LogP contribution in [0.1, 0.15) is 60.1 Å². The molecule has 5 heterocycles. The summed E-state index contributed by atoms with van der Waals surface area (Å²) in [5.41, 5.74) is 6.27. The molecule has 0 bridgehead atoms. The minimum absolute atomic E-state index is 0.247. The number of likely N-dealkylation sites (tertiary alicyclic amines) is 2. The van der Waals surface area contributed by atoms with E-state index in [1.165, 1.54) is 44.1 Å². The van der Waals surface area contributed by atoms with Crippen LogP contribution in [0.2, 0.25) is 0 Å². The highest BCUT2D eigenvalue weighted by Crippen LogP contribution is 2.27. The smallest absolute Gasteiger partial charge is 0.276 e. The van der Waals surface area contributed by atoms with Crippen molar-refractivity contribution in [2.45, 2.75) is 51.6 Å². The van der Waals surface area contributed by atoms with Crippen molar-refractivity contribution in [1.29, 1.82) is 0 Å². The van der Waals surface area contributed by atoms with Gasteiger partial charge in [-0.2, -0.15) is 5.10 Å². The molecule has 6 rings (SSSR count). The molecule has 196 valence electrons. The van der Waals surface area contributed by atoms with Crippen LogP contribution in [0.3, 0.4) is 0 Å². The van der Waals surface area contributed by atoms with Crippen LogP contribution in [0, 0.1) is 0 Å². The first-order valence-corrected chi connectivity index (χ1v) is 13.8. The van der Waals surface area contributed by atoms with E-state index in [-0.39, 0.29) is 5.91 Å². The molecule has 1 aromatic carbocycles. The highest BCUT2D eigenvalue weighted by molar-refractivity contribution is 6.11. The molecule has 2 saturated heterocycles. The Morgan fingerprint density at radius 1 is 0.763 bits per heavy atom. The number of hydrogen-bond acceptors (Lipinski definition) is 6. The first-order chi connectivity index (χ1) is 18.7. The van der Waals surface area contributed by atoms with Crippen molar-refractivity contribution in [3.05, 3.63) is 71.9 Å². The van der Waals surface area contributed by atoms with Crippen molar-refractivity contribution < 1.29 is 4.79 Å². The molecule has 2 aliphatic rings. The van der Waals surface area contributed by atoms with Crippen molar-refractivity contribution in [2.75, 3.05) is 31.5 Å². The first kappa shape index (κ1) is 24.7. The van der Waals surface area contributed by atoms with Gasteiger partial charge in [-0.25, -0.2) is 0 Å². The number of benzene rings is 1. The maximum atomic E-state index is 13.3. The lowest BCUT2D eigenvalue weighted by Crippen LogP contribution is -2.24. The topological polar surface area (TPSA) is 90.0 Å². The summed E-state index contributed by atoms with van der Waals surface area (Å²) in [6.45, 7) is 6.33. The predicted octanol–water partition coefficient (Wildman–Crippen LogP) is 5.24. The molecule has 2 N–H and O–H groups in total. The molecular weight excluding hydrogens is 474 g/mol. The maximum Gasteiger partial charge on any atom is 0.276 e. The van der Waals surface area contributed by atoms with Crippen LogP contribution in [0.4, 0.5) is 5.69 Å². The van der Waals surface area contributed by atoms with Gasteiger partial charge in [0.1, 0.15) is 0 Å². The average Bonchev–Trinajstić information content (AvgIpc) is 3.53. The summed E-state index contributed by atoms with van der Waals surface area (Å²) in [6, 6.07) is 10.3. The van der Waals surface area contributed by atoms with E-state index in [0.717, 1.165) is 66.9 Å². The summed E-state index contributed by atoms with van der Waals surface area (Å²) in [4.78, 5) is 27.1. The zero-order chi connectivity index (χ0) is 25.7. The van der Waals surface area contributed by atoms with E-state index in [1.54, 1.807) is 6.20 Å². The lowest BCUT2D eigenvalue weighted by atomic mass is 10.0. The molecule has 38 heavy (non-hydrogen) atoms. The maximum absolute atomic E-state index is 13.3. The highest BCUT2D eigenvalue weighted by Gasteiger charge is 2.17. The first-order valence-electron chi connectivity index (χ1n) is 13.8. The van der Waals surface area contributed by atoms with Gasteiger partial charge in [-0.15, -0.1) is 0 Å². The summed E-state index contributed by atoms with van der Waals surface area (Å²) in [6.07, 6.45) is 15.1. The number of hydrogen-bond donors (Lipinski definition) is 2. The molecule has 4 aromatic rings. The summed E-state index contributed by atoms with van der Waals surface area (Å²) < 4.78 is 0. The van der Waals surface area contributed by atoms with E-state index in [4.69, 9.17) is 0 Å². The Kier molecular flexibility index (Phi) is 7.42. The quantitative estimate of drug-likeness (QED) is 0.354. The molecule has 0 spiro atoms. The van der Waals surface area contributed by atoms with Crippen LogP contribution in [0.25, 0.3) is 22.0 Å². The van der Waals surface area contributed by atoms with Gasteiger partial charge in [0.2, 0.25) is 0 Å². The van der Waals surface area contributed by atoms with Gasteiger partial charge in [0.25, 0.3) is 5.91 Å². The van der Waals surface area contributed by atoms with Gasteiger partial charge in [-0.05, 0) is 92.8 Å². The summed E-state index contributed by atoms with van der Waals surface area (Å²) in [5.74, 6) is -0.247. The summed E-state index contributed by atoms with van der Waals surface area (Å²) >= 11 is 0. The lowest BCUT2D eigenvalue weighted by Gasteiger charge is -2.19. The van der Waals surface area contributed by atoms with Crippen molar-refractivity contribution >= 4 is 22.5 Å². The predicted molar refractivity (Wildman–Crippen MR) is 150 cm³/mol. The van der Waals surface area contributed by atoms with E-state index in [0.29, 0.717) is 11.4 Å². The molecule has 0 radical (unpaired) electrons. The SMILES string of the molecule is O=C(Nc1cncc(CN2CCCCCC2)c1)c1n[nH]c2ccc(-c3cncc(CN4CCCC4)c3)cc12. The van der Waals surface area contributed by atoms with Gasteiger partial charge in [0, 0.05) is 42.6 Å². The van der Waals surface area contributed by atoms with Gasteiger partial charge in [0.15, 0.2) is 5.69 Å². The molecule has 0 unspecified atom stereocenters. The molecule has 0 aliphatic carbocycles. The fourth-order valence-corrected chi connectivity index (χ4v) is 5.68. The number of amides is 1. The second-order valence-electron chi connectivity index (χ2n) is 10.6. The van der Waals surface area contributed by atoms with E-state index < -0.39 is 0 Å². The van der Waals surface area contributed by atoms with Gasteiger partial charge in [0.05, 0.1) is 17.4 Å². The second kappa shape index (κ2) is 11.4. The molecule has 0 atom stereocenters. The number of carbonyl (C=O) groups excluding carboxylic acids is 1. The molecule has 1 amide bonds. The van der Waals surface area contributed by atoms with Crippen LogP contribution >= 0.6 is 0 Å². The Bertz CT molecular complexity index is 1400. The molecular formula is C30H35N7O. The zero-order valence-corrected chi connectivity index (χ0v) is 21.8. The van der Waals surface area contributed by atoms with Crippen molar-refractivity contribution in [3.63, 3.8) is 0 Å².